The van der Waals surface area contributed by atoms with Gasteiger partial charge in [0.2, 0.25) is 0 Å². The molecule has 0 saturated heterocycles. The van der Waals surface area contributed by atoms with Gasteiger partial charge in [0, 0.05) is 26.7 Å². The Bertz CT molecular complexity index is 441. The van der Waals surface area contributed by atoms with Gasteiger partial charge in [0.25, 0.3) is 0 Å². The van der Waals surface area contributed by atoms with Crippen LogP contribution in [0, 0.1) is 17.2 Å². The Morgan fingerprint density at radius 1 is 1.24 bits per heavy atom. The van der Waals surface area contributed by atoms with Gasteiger partial charge in [0.15, 0.2) is 0 Å². The summed E-state index contributed by atoms with van der Waals surface area (Å²) in [4.78, 5) is 2.41. The molecule has 0 heterocycles. The Hall–Kier alpha value is -1.57. The molecule has 4 heteroatoms. The summed E-state index contributed by atoms with van der Waals surface area (Å²) in [5.41, 5.74) is 0.633. The second kappa shape index (κ2) is 10.2. The van der Waals surface area contributed by atoms with E-state index in [1.807, 2.05) is 12.1 Å². The third-order valence-electron chi connectivity index (χ3n) is 3.09. The molecule has 0 unspecified atom stereocenters. The SMILES string of the molecule is COCCN(CCCOc1cccc(C#N)c1)CC(C)C. The van der Waals surface area contributed by atoms with E-state index in [-0.39, 0.29) is 0 Å². The molecule has 0 radical (unpaired) electrons. The predicted octanol–water partition coefficient (Wildman–Crippen LogP) is 2.93. The summed E-state index contributed by atoms with van der Waals surface area (Å²) in [5, 5.41) is 8.85. The summed E-state index contributed by atoms with van der Waals surface area (Å²) in [5.74, 6) is 1.41. The molecule has 1 rings (SSSR count). The van der Waals surface area contributed by atoms with Gasteiger partial charge in [-0.2, -0.15) is 5.26 Å². The molecule has 0 amide bonds. The van der Waals surface area contributed by atoms with E-state index in [1.54, 1.807) is 19.2 Å². The third-order valence-corrected chi connectivity index (χ3v) is 3.09. The van der Waals surface area contributed by atoms with Gasteiger partial charge in [-0.05, 0) is 30.5 Å². The maximum Gasteiger partial charge on any atom is 0.120 e. The van der Waals surface area contributed by atoms with Crippen molar-refractivity contribution in [2.24, 2.45) is 5.92 Å². The fraction of sp³-hybridized carbons (Fsp3) is 0.588. The van der Waals surface area contributed by atoms with Crippen molar-refractivity contribution < 1.29 is 9.47 Å². The molecule has 0 aliphatic carbocycles. The van der Waals surface area contributed by atoms with E-state index in [1.165, 1.54) is 0 Å². The summed E-state index contributed by atoms with van der Waals surface area (Å²) in [6.45, 7) is 8.91. The molecule has 0 atom stereocenters. The molecule has 1 aromatic rings. The second-order valence-electron chi connectivity index (χ2n) is 5.53. The van der Waals surface area contributed by atoms with Crippen molar-refractivity contribution in [1.82, 2.24) is 4.90 Å². The maximum absolute atomic E-state index is 8.85. The molecule has 21 heavy (non-hydrogen) atoms. The van der Waals surface area contributed by atoms with E-state index in [9.17, 15) is 0 Å². The lowest BCUT2D eigenvalue weighted by Gasteiger charge is -2.23. The van der Waals surface area contributed by atoms with Gasteiger partial charge in [-0.15, -0.1) is 0 Å². The zero-order chi connectivity index (χ0) is 15.5. The van der Waals surface area contributed by atoms with Gasteiger partial charge in [0.1, 0.15) is 5.75 Å². The van der Waals surface area contributed by atoms with Crippen LogP contribution in [0.2, 0.25) is 0 Å². The molecular formula is C17H26N2O2. The van der Waals surface area contributed by atoms with Crippen molar-refractivity contribution in [3.05, 3.63) is 29.8 Å². The van der Waals surface area contributed by atoms with Crippen LogP contribution in [0.3, 0.4) is 0 Å². The Morgan fingerprint density at radius 3 is 2.71 bits per heavy atom. The highest BCUT2D eigenvalue weighted by Gasteiger charge is 2.07. The fourth-order valence-corrected chi connectivity index (χ4v) is 2.16. The smallest absolute Gasteiger partial charge is 0.120 e. The Kier molecular flexibility index (Phi) is 8.49. The average Bonchev–Trinajstić information content (AvgIpc) is 2.48. The number of hydrogen-bond acceptors (Lipinski definition) is 4. The highest BCUT2D eigenvalue weighted by molar-refractivity contribution is 5.36. The normalized spacial score (nSPS) is 10.9. The summed E-state index contributed by atoms with van der Waals surface area (Å²) in [6, 6.07) is 9.40. The predicted molar refractivity (Wildman–Crippen MR) is 84.4 cm³/mol. The molecule has 0 N–H and O–H groups in total. The van der Waals surface area contributed by atoms with Crippen molar-refractivity contribution in [3.8, 4) is 11.8 Å². The largest absolute Gasteiger partial charge is 0.494 e. The van der Waals surface area contributed by atoms with Gasteiger partial charge in [0.05, 0.1) is 24.8 Å². The number of nitrogens with zero attached hydrogens (tertiary/aromatic N) is 2. The van der Waals surface area contributed by atoms with Crippen molar-refractivity contribution in [2.45, 2.75) is 20.3 Å². The molecule has 0 aromatic heterocycles. The van der Waals surface area contributed by atoms with Gasteiger partial charge < -0.3 is 14.4 Å². The Balaban J connectivity index is 2.31. The highest BCUT2D eigenvalue weighted by Crippen LogP contribution is 2.12. The number of nitriles is 1. The van der Waals surface area contributed by atoms with Crippen LogP contribution in [0.1, 0.15) is 25.8 Å². The topological polar surface area (TPSA) is 45.5 Å². The van der Waals surface area contributed by atoms with E-state index in [0.717, 1.165) is 38.4 Å². The Labute approximate surface area is 128 Å². The molecule has 1 aromatic carbocycles. The van der Waals surface area contributed by atoms with Crippen LogP contribution in [0.4, 0.5) is 0 Å². The molecule has 0 spiro atoms. The van der Waals surface area contributed by atoms with E-state index in [2.05, 4.69) is 24.8 Å². The lowest BCUT2D eigenvalue weighted by Crippen LogP contribution is -2.32. The van der Waals surface area contributed by atoms with Gasteiger partial charge in [-0.1, -0.05) is 19.9 Å². The third kappa shape index (κ3) is 7.69. The number of methoxy groups -OCH3 is 1. The first kappa shape index (κ1) is 17.5. The molecule has 116 valence electrons. The molecular weight excluding hydrogens is 264 g/mol. The summed E-state index contributed by atoms with van der Waals surface area (Å²) in [6.07, 6.45) is 0.965. The first-order valence-electron chi connectivity index (χ1n) is 7.50. The van der Waals surface area contributed by atoms with Crippen molar-refractivity contribution in [3.63, 3.8) is 0 Å². The number of rotatable bonds is 10. The lowest BCUT2D eigenvalue weighted by molar-refractivity contribution is 0.135. The quantitative estimate of drug-likeness (QED) is 0.622. The van der Waals surface area contributed by atoms with E-state index < -0.39 is 0 Å². The molecule has 0 saturated carbocycles. The molecule has 0 aliphatic heterocycles. The molecule has 0 fully saturated rings. The van der Waals surface area contributed by atoms with Gasteiger partial charge >= 0.3 is 0 Å². The summed E-state index contributed by atoms with van der Waals surface area (Å²) >= 11 is 0. The molecule has 4 nitrogen and oxygen atoms in total. The first-order chi connectivity index (χ1) is 10.2. The first-order valence-corrected chi connectivity index (χ1v) is 7.50. The van der Waals surface area contributed by atoms with Crippen LogP contribution in [0.15, 0.2) is 24.3 Å². The van der Waals surface area contributed by atoms with Crippen molar-refractivity contribution >= 4 is 0 Å². The average molecular weight is 290 g/mol. The van der Waals surface area contributed by atoms with Crippen LogP contribution >= 0.6 is 0 Å². The van der Waals surface area contributed by atoms with Crippen LogP contribution in [-0.4, -0.2) is 44.9 Å². The van der Waals surface area contributed by atoms with Gasteiger partial charge in [-0.3, -0.25) is 0 Å². The zero-order valence-electron chi connectivity index (χ0n) is 13.3. The fourth-order valence-electron chi connectivity index (χ4n) is 2.16. The van der Waals surface area contributed by atoms with Crippen molar-refractivity contribution in [1.29, 1.82) is 5.26 Å². The van der Waals surface area contributed by atoms with Crippen LogP contribution in [0.25, 0.3) is 0 Å². The standard InChI is InChI=1S/C17H26N2O2/c1-15(2)14-19(9-11-20-3)8-5-10-21-17-7-4-6-16(12-17)13-18/h4,6-7,12,15H,5,8-11,14H2,1-3H3. The minimum atomic E-state index is 0.633. The highest BCUT2D eigenvalue weighted by atomic mass is 16.5. The zero-order valence-corrected chi connectivity index (χ0v) is 13.3. The maximum atomic E-state index is 8.85. The summed E-state index contributed by atoms with van der Waals surface area (Å²) in [7, 11) is 1.73. The molecule has 0 bridgehead atoms. The van der Waals surface area contributed by atoms with Crippen molar-refractivity contribution in [2.75, 3.05) is 40.0 Å². The van der Waals surface area contributed by atoms with E-state index in [4.69, 9.17) is 14.7 Å². The Morgan fingerprint density at radius 2 is 2.05 bits per heavy atom. The minimum absolute atomic E-state index is 0.633. The lowest BCUT2D eigenvalue weighted by atomic mass is 10.2. The summed E-state index contributed by atoms with van der Waals surface area (Å²) < 4.78 is 10.9. The van der Waals surface area contributed by atoms with Gasteiger partial charge in [-0.25, -0.2) is 0 Å². The second-order valence-corrected chi connectivity index (χ2v) is 5.53. The minimum Gasteiger partial charge on any atom is -0.494 e. The number of hydrogen-bond donors (Lipinski definition) is 0. The van der Waals surface area contributed by atoms with E-state index >= 15 is 0 Å². The van der Waals surface area contributed by atoms with Crippen LogP contribution in [-0.2, 0) is 4.74 Å². The van der Waals surface area contributed by atoms with E-state index in [0.29, 0.717) is 18.1 Å². The monoisotopic (exact) mass is 290 g/mol. The number of benzene rings is 1. The molecule has 0 aliphatic rings. The van der Waals surface area contributed by atoms with Crippen LogP contribution in [0.5, 0.6) is 5.75 Å². The number of ether oxygens (including phenoxy) is 2. The van der Waals surface area contributed by atoms with Crippen LogP contribution < -0.4 is 4.74 Å².